The largest absolute Gasteiger partial charge is 0.469 e. The topological polar surface area (TPSA) is 43.4 Å². The predicted octanol–water partition coefficient (Wildman–Crippen LogP) is 2.09. The van der Waals surface area contributed by atoms with Crippen LogP contribution in [0.1, 0.15) is 44.9 Å². The highest BCUT2D eigenvalue weighted by atomic mass is 16.5. The first-order valence-corrected chi connectivity index (χ1v) is 5.33. The van der Waals surface area contributed by atoms with Gasteiger partial charge in [0.1, 0.15) is 5.78 Å². The van der Waals surface area contributed by atoms with Gasteiger partial charge in [0.2, 0.25) is 0 Å². The number of rotatable bonds is 3. The third kappa shape index (κ3) is 3.48. The van der Waals surface area contributed by atoms with E-state index in [0.717, 1.165) is 25.7 Å². The number of carbonyl (C=O) groups excluding carboxylic acids is 2. The van der Waals surface area contributed by atoms with E-state index in [1.807, 2.05) is 0 Å². The van der Waals surface area contributed by atoms with Gasteiger partial charge in [-0.25, -0.2) is 0 Å². The molecule has 0 aromatic heterocycles. The normalized spacial score (nSPS) is 22.9. The summed E-state index contributed by atoms with van der Waals surface area (Å²) in [5.74, 6) is 0.241. The Kier molecular flexibility index (Phi) is 4.63. The van der Waals surface area contributed by atoms with Gasteiger partial charge in [-0.2, -0.15) is 0 Å². The number of Topliss-reactive ketones (excluding diaryl/α,β-unsaturated/α-hetero) is 1. The van der Waals surface area contributed by atoms with Crippen LogP contribution < -0.4 is 0 Å². The van der Waals surface area contributed by atoms with Gasteiger partial charge in [-0.1, -0.05) is 12.8 Å². The number of methoxy groups -OCH3 is 1. The van der Waals surface area contributed by atoms with Crippen LogP contribution in [-0.4, -0.2) is 18.9 Å². The number of ketones is 1. The SMILES string of the molecule is COC(=O)CC[C@H]1CCCCCC1=O. The van der Waals surface area contributed by atoms with E-state index in [1.165, 1.54) is 7.11 Å². The number of carbonyl (C=O) groups is 2. The fraction of sp³-hybridized carbons (Fsp3) is 0.818. The van der Waals surface area contributed by atoms with E-state index >= 15 is 0 Å². The highest BCUT2D eigenvalue weighted by Crippen LogP contribution is 2.23. The Balaban J connectivity index is 2.33. The Morgan fingerprint density at radius 1 is 1.43 bits per heavy atom. The minimum atomic E-state index is -0.206. The van der Waals surface area contributed by atoms with Gasteiger partial charge >= 0.3 is 5.97 Å². The molecule has 1 atom stereocenters. The maximum Gasteiger partial charge on any atom is 0.305 e. The fourth-order valence-corrected chi connectivity index (χ4v) is 1.93. The van der Waals surface area contributed by atoms with Gasteiger partial charge in [-0.3, -0.25) is 9.59 Å². The Morgan fingerprint density at radius 2 is 2.21 bits per heavy atom. The van der Waals surface area contributed by atoms with Gasteiger partial charge in [-0.15, -0.1) is 0 Å². The Hall–Kier alpha value is -0.860. The van der Waals surface area contributed by atoms with Crippen molar-refractivity contribution >= 4 is 11.8 Å². The minimum Gasteiger partial charge on any atom is -0.469 e. The van der Waals surface area contributed by atoms with Crippen molar-refractivity contribution in [1.29, 1.82) is 0 Å². The second kappa shape index (κ2) is 5.78. The van der Waals surface area contributed by atoms with Crippen LogP contribution in [0.15, 0.2) is 0 Å². The van der Waals surface area contributed by atoms with Crippen molar-refractivity contribution < 1.29 is 14.3 Å². The van der Waals surface area contributed by atoms with Crippen LogP contribution in [0.25, 0.3) is 0 Å². The molecule has 1 saturated carbocycles. The molecule has 1 rings (SSSR count). The smallest absolute Gasteiger partial charge is 0.305 e. The standard InChI is InChI=1S/C11H18O3/c1-14-11(13)8-7-9-5-3-2-4-6-10(9)12/h9H,2-8H2,1H3/t9-/m1/s1. The molecule has 3 nitrogen and oxygen atoms in total. The highest BCUT2D eigenvalue weighted by molar-refractivity contribution is 5.81. The van der Waals surface area contributed by atoms with E-state index in [4.69, 9.17) is 0 Å². The lowest BCUT2D eigenvalue weighted by Crippen LogP contribution is -2.14. The van der Waals surface area contributed by atoms with Gasteiger partial charge in [-0.05, 0) is 19.3 Å². The van der Waals surface area contributed by atoms with Crippen LogP contribution >= 0.6 is 0 Å². The molecule has 1 fully saturated rings. The monoisotopic (exact) mass is 198 g/mol. The van der Waals surface area contributed by atoms with E-state index in [-0.39, 0.29) is 11.9 Å². The highest BCUT2D eigenvalue weighted by Gasteiger charge is 2.21. The van der Waals surface area contributed by atoms with Crippen LogP contribution in [0.4, 0.5) is 0 Å². The zero-order valence-electron chi connectivity index (χ0n) is 8.75. The molecule has 0 amide bonds. The Bertz CT molecular complexity index is 211. The summed E-state index contributed by atoms with van der Waals surface area (Å²) >= 11 is 0. The Morgan fingerprint density at radius 3 is 2.93 bits per heavy atom. The first-order chi connectivity index (χ1) is 6.74. The molecular formula is C11H18O3. The molecule has 0 unspecified atom stereocenters. The number of ether oxygens (including phenoxy) is 1. The first kappa shape index (κ1) is 11.2. The van der Waals surface area contributed by atoms with Gasteiger partial charge < -0.3 is 4.74 Å². The molecule has 1 aliphatic carbocycles. The molecule has 0 spiro atoms. The zero-order chi connectivity index (χ0) is 10.4. The van der Waals surface area contributed by atoms with E-state index in [9.17, 15) is 9.59 Å². The van der Waals surface area contributed by atoms with Crippen molar-refractivity contribution in [2.75, 3.05) is 7.11 Å². The van der Waals surface area contributed by atoms with Crippen LogP contribution in [0, 0.1) is 5.92 Å². The summed E-state index contributed by atoms with van der Waals surface area (Å²) < 4.78 is 4.56. The molecule has 0 saturated heterocycles. The zero-order valence-corrected chi connectivity index (χ0v) is 8.75. The van der Waals surface area contributed by atoms with Crippen molar-refractivity contribution in [2.24, 2.45) is 5.92 Å². The summed E-state index contributed by atoms with van der Waals surface area (Å²) in [7, 11) is 1.39. The lowest BCUT2D eigenvalue weighted by atomic mass is 9.94. The van der Waals surface area contributed by atoms with Gasteiger partial charge in [0.25, 0.3) is 0 Å². The summed E-state index contributed by atoms with van der Waals surface area (Å²) in [6, 6.07) is 0. The Labute approximate surface area is 84.8 Å². The quantitative estimate of drug-likeness (QED) is 0.515. The summed E-state index contributed by atoms with van der Waals surface area (Å²) in [6.07, 6.45) is 6.01. The van der Waals surface area contributed by atoms with Crippen LogP contribution in [0.3, 0.4) is 0 Å². The van der Waals surface area contributed by atoms with Crippen molar-refractivity contribution in [1.82, 2.24) is 0 Å². The average molecular weight is 198 g/mol. The number of esters is 1. The fourth-order valence-electron chi connectivity index (χ4n) is 1.93. The lowest BCUT2D eigenvalue weighted by molar-refractivity contribution is -0.141. The predicted molar refractivity (Wildman–Crippen MR) is 52.8 cm³/mol. The van der Waals surface area contributed by atoms with Gasteiger partial charge in [0.15, 0.2) is 0 Å². The molecule has 0 aromatic carbocycles. The molecule has 0 bridgehead atoms. The van der Waals surface area contributed by atoms with Crippen LogP contribution in [0.5, 0.6) is 0 Å². The summed E-state index contributed by atoms with van der Waals surface area (Å²) in [6.45, 7) is 0. The summed E-state index contributed by atoms with van der Waals surface area (Å²) in [5.41, 5.74) is 0. The molecular weight excluding hydrogens is 180 g/mol. The van der Waals surface area contributed by atoms with E-state index in [0.29, 0.717) is 25.0 Å². The molecule has 1 aliphatic rings. The van der Waals surface area contributed by atoms with Crippen molar-refractivity contribution in [3.8, 4) is 0 Å². The molecule has 80 valence electrons. The molecule has 0 aromatic rings. The average Bonchev–Trinajstić information content (AvgIpc) is 2.39. The van der Waals surface area contributed by atoms with E-state index < -0.39 is 0 Å². The molecule has 0 N–H and O–H groups in total. The first-order valence-electron chi connectivity index (χ1n) is 5.33. The van der Waals surface area contributed by atoms with E-state index in [2.05, 4.69) is 4.74 Å². The van der Waals surface area contributed by atoms with Crippen molar-refractivity contribution in [3.05, 3.63) is 0 Å². The maximum atomic E-state index is 11.6. The minimum absolute atomic E-state index is 0.108. The summed E-state index contributed by atoms with van der Waals surface area (Å²) in [5, 5.41) is 0. The van der Waals surface area contributed by atoms with E-state index in [1.54, 1.807) is 0 Å². The third-order valence-electron chi connectivity index (χ3n) is 2.86. The maximum absolute atomic E-state index is 11.6. The number of hydrogen-bond donors (Lipinski definition) is 0. The van der Waals surface area contributed by atoms with Crippen molar-refractivity contribution in [2.45, 2.75) is 44.9 Å². The molecule has 0 aliphatic heterocycles. The third-order valence-corrected chi connectivity index (χ3v) is 2.86. The van der Waals surface area contributed by atoms with Crippen LogP contribution in [0.2, 0.25) is 0 Å². The van der Waals surface area contributed by atoms with Gasteiger partial charge in [0, 0.05) is 18.8 Å². The molecule has 3 heteroatoms. The van der Waals surface area contributed by atoms with Gasteiger partial charge in [0.05, 0.1) is 7.11 Å². The summed E-state index contributed by atoms with van der Waals surface area (Å²) in [4.78, 5) is 22.5. The molecule has 14 heavy (non-hydrogen) atoms. The second-order valence-electron chi connectivity index (χ2n) is 3.88. The van der Waals surface area contributed by atoms with Crippen LogP contribution in [-0.2, 0) is 14.3 Å². The molecule has 0 radical (unpaired) electrons. The lowest BCUT2D eigenvalue weighted by Gasteiger charge is -2.11. The molecule has 0 heterocycles. The van der Waals surface area contributed by atoms with Crippen molar-refractivity contribution in [3.63, 3.8) is 0 Å². The second-order valence-corrected chi connectivity index (χ2v) is 3.88. The number of hydrogen-bond acceptors (Lipinski definition) is 3.